The molecule has 35 heavy (non-hydrogen) atoms. The van der Waals surface area contributed by atoms with Crippen LogP contribution in [0.2, 0.25) is 0 Å². The standard InChI is InChI=1S/C27H23FN6O/c1-30-16-22(15-29)21-13-20-12-18(2-5-24(20)31-17-21)8-11-34-27(35)7-6-26(32-34)33-10-9-19-3-4-23(28)14-25(19)33/h2-7,9-10,12-17,22,29H,8,11H2,1H3. The van der Waals surface area contributed by atoms with Crippen molar-refractivity contribution in [1.82, 2.24) is 19.3 Å². The lowest BCUT2D eigenvalue weighted by molar-refractivity contribution is 0.572. The lowest BCUT2D eigenvalue weighted by Crippen LogP contribution is -2.24. The summed E-state index contributed by atoms with van der Waals surface area (Å²) < 4.78 is 17.0. The molecular weight excluding hydrogens is 443 g/mol. The Kier molecular flexibility index (Phi) is 6.01. The minimum Gasteiger partial charge on any atom is -0.312 e. The van der Waals surface area contributed by atoms with Crippen LogP contribution < -0.4 is 5.56 Å². The van der Waals surface area contributed by atoms with Crippen molar-refractivity contribution in [2.45, 2.75) is 18.9 Å². The van der Waals surface area contributed by atoms with Gasteiger partial charge in [-0.25, -0.2) is 9.07 Å². The van der Waals surface area contributed by atoms with E-state index in [0.717, 1.165) is 27.4 Å². The SMILES string of the molecule is CN=CC(C=N)c1cnc2ccc(CCn3nc(-n4ccc5ccc(F)cc54)ccc3=O)cc2c1. The van der Waals surface area contributed by atoms with Gasteiger partial charge in [0.25, 0.3) is 5.56 Å². The average Bonchev–Trinajstić information content (AvgIpc) is 3.29. The van der Waals surface area contributed by atoms with Crippen LogP contribution in [0, 0.1) is 11.2 Å². The van der Waals surface area contributed by atoms with Gasteiger partial charge in [-0.1, -0.05) is 6.07 Å². The Morgan fingerprint density at radius 2 is 1.97 bits per heavy atom. The molecule has 5 rings (SSSR count). The monoisotopic (exact) mass is 466 g/mol. The van der Waals surface area contributed by atoms with Crippen molar-refractivity contribution in [2.75, 3.05) is 7.05 Å². The molecule has 1 unspecified atom stereocenters. The van der Waals surface area contributed by atoms with E-state index in [2.05, 4.69) is 15.1 Å². The first-order chi connectivity index (χ1) is 17.1. The van der Waals surface area contributed by atoms with Crippen LogP contribution in [-0.4, -0.2) is 38.8 Å². The number of aryl methyl sites for hydroxylation is 2. The van der Waals surface area contributed by atoms with Crippen LogP contribution in [0.25, 0.3) is 27.6 Å². The number of hydrogen-bond donors (Lipinski definition) is 1. The van der Waals surface area contributed by atoms with Gasteiger partial charge < -0.3 is 5.41 Å². The molecule has 0 bridgehead atoms. The van der Waals surface area contributed by atoms with E-state index >= 15 is 0 Å². The Labute approximate surface area is 200 Å². The Morgan fingerprint density at radius 1 is 1.09 bits per heavy atom. The number of aromatic nitrogens is 4. The molecule has 0 aliphatic carbocycles. The molecule has 0 amide bonds. The van der Waals surface area contributed by atoms with E-state index in [-0.39, 0.29) is 17.3 Å². The molecule has 3 heterocycles. The summed E-state index contributed by atoms with van der Waals surface area (Å²) in [5, 5.41) is 14.0. The summed E-state index contributed by atoms with van der Waals surface area (Å²) in [4.78, 5) is 21.0. The second kappa shape index (κ2) is 9.42. The lowest BCUT2D eigenvalue weighted by Gasteiger charge is -2.10. The molecule has 0 aliphatic heterocycles. The van der Waals surface area contributed by atoms with Gasteiger partial charge >= 0.3 is 0 Å². The molecule has 0 saturated heterocycles. The summed E-state index contributed by atoms with van der Waals surface area (Å²) in [7, 11) is 1.69. The van der Waals surface area contributed by atoms with E-state index < -0.39 is 0 Å². The summed E-state index contributed by atoms with van der Waals surface area (Å²) in [6.45, 7) is 0.393. The molecule has 1 atom stereocenters. The van der Waals surface area contributed by atoms with Gasteiger partial charge in [0.15, 0.2) is 5.82 Å². The van der Waals surface area contributed by atoms with Gasteiger partial charge in [0.2, 0.25) is 0 Å². The Morgan fingerprint density at radius 3 is 2.80 bits per heavy atom. The Bertz CT molecular complexity index is 1630. The average molecular weight is 467 g/mol. The number of fused-ring (bicyclic) bond motifs is 2. The molecule has 0 saturated carbocycles. The number of nitrogens with one attached hydrogen (secondary N) is 1. The molecule has 174 valence electrons. The zero-order chi connectivity index (χ0) is 24.4. The highest BCUT2D eigenvalue weighted by Crippen LogP contribution is 2.21. The molecule has 0 fully saturated rings. The van der Waals surface area contributed by atoms with Crippen LogP contribution in [0.4, 0.5) is 4.39 Å². The van der Waals surface area contributed by atoms with Crippen LogP contribution in [-0.2, 0) is 13.0 Å². The summed E-state index contributed by atoms with van der Waals surface area (Å²) in [5.74, 6) is 0.00535. The normalized spacial score (nSPS) is 12.5. The first-order valence-corrected chi connectivity index (χ1v) is 11.2. The van der Waals surface area contributed by atoms with Crippen molar-refractivity contribution in [1.29, 1.82) is 5.41 Å². The highest BCUT2D eigenvalue weighted by Gasteiger charge is 2.10. The maximum atomic E-state index is 13.8. The first kappa shape index (κ1) is 22.3. The van der Waals surface area contributed by atoms with E-state index in [4.69, 9.17) is 5.41 Å². The van der Waals surface area contributed by atoms with Gasteiger partial charge in [-0.15, -0.1) is 0 Å². The molecule has 7 nitrogen and oxygen atoms in total. The molecule has 0 aliphatic rings. The molecule has 0 radical (unpaired) electrons. The molecule has 8 heteroatoms. The van der Waals surface area contributed by atoms with Crippen molar-refractivity contribution in [3.05, 3.63) is 100 Å². The smallest absolute Gasteiger partial charge is 0.266 e. The highest BCUT2D eigenvalue weighted by molar-refractivity contribution is 5.90. The number of hydrogen-bond acceptors (Lipinski definition) is 5. The molecule has 0 spiro atoms. The van der Waals surface area contributed by atoms with Gasteiger partial charge in [-0.05, 0) is 66.1 Å². The third-order valence-corrected chi connectivity index (χ3v) is 6.01. The zero-order valence-electron chi connectivity index (χ0n) is 19.1. The Balaban J connectivity index is 1.42. The van der Waals surface area contributed by atoms with E-state index in [9.17, 15) is 9.18 Å². The second-order valence-electron chi connectivity index (χ2n) is 8.29. The fraction of sp³-hybridized carbons (Fsp3) is 0.148. The number of halogens is 1. The number of rotatable bonds is 7. The minimum atomic E-state index is -0.325. The fourth-order valence-electron chi connectivity index (χ4n) is 4.18. The largest absolute Gasteiger partial charge is 0.312 e. The predicted octanol–water partition coefficient (Wildman–Crippen LogP) is 4.55. The summed E-state index contributed by atoms with van der Waals surface area (Å²) >= 11 is 0. The first-order valence-electron chi connectivity index (χ1n) is 11.2. The Hall–Kier alpha value is -4.46. The van der Waals surface area contributed by atoms with Gasteiger partial charge in [0, 0.05) is 55.3 Å². The number of aliphatic imine (C=N–C) groups is 1. The zero-order valence-corrected chi connectivity index (χ0v) is 19.1. The van der Waals surface area contributed by atoms with Gasteiger partial charge in [-0.3, -0.25) is 19.3 Å². The van der Waals surface area contributed by atoms with Crippen LogP contribution >= 0.6 is 0 Å². The van der Waals surface area contributed by atoms with Gasteiger partial charge in [-0.2, -0.15) is 5.10 Å². The molecule has 1 N–H and O–H groups in total. The lowest BCUT2D eigenvalue weighted by atomic mass is 10.0. The number of nitrogens with zero attached hydrogens (tertiary/aromatic N) is 5. The number of benzene rings is 2. The third kappa shape index (κ3) is 4.50. The summed E-state index contributed by atoms with van der Waals surface area (Å²) in [5.41, 5.74) is 3.29. The third-order valence-electron chi connectivity index (χ3n) is 6.01. The summed E-state index contributed by atoms with van der Waals surface area (Å²) in [6, 6.07) is 17.6. The maximum absolute atomic E-state index is 13.8. The van der Waals surface area contributed by atoms with Crippen molar-refractivity contribution in [3.63, 3.8) is 0 Å². The van der Waals surface area contributed by atoms with Crippen LogP contribution in [0.5, 0.6) is 0 Å². The van der Waals surface area contributed by atoms with Crippen molar-refractivity contribution in [3.8, 4) is 5.82 Å². The van der Waals surface area contributed by atoms with Crippen LogP contribution in [0.3, 0.4) is 0 Å². The van der Waals surface area contributed by atoms with Crippen LogP contribution in [0.1, 0.15) is 17.0 Å². The molecule has 2 aromatic carbocycles. The van der Waals surface area contributed by atoms with Gasteiger partial charge in [0.05, 0.1) is 17.0 Å². The predicted molar refractivity (Wildman–Crippen MR) is 137 cm³/mol. The second-order valence-corrected chi connectivity index (χ2v) is 8.29. The molecule has 5 aromatic rings. The van der Waals surface area contributed by atoms with Crippen molar-refractivity contribution in [2.24, 2.45) is 4.99 Å². The molecular formula is C27H23FN6O. The topological polar surface area (TPSA) is 88.9 Å². The van der Waals surface area contributed by atoms with Gasteiger partial charge in [0.1, 0.15) is 5.82 Å². The van der Waals surface area contributed by atoms with E-state index in [1.54, 1.807) is 36.2 Å². The number of pyridine rings is 1. The fourth-order valence-corrected chi connectivity index (χ4v) is 4.18. The molecule has 3 aromatic heterocycles. The quantitative estimate of drug-likeness (QED) is 0.357. The van der Waals surface area contributed by atoms with Crippen LogP contribution in [0.15, 0.2) is 82.8 Å². The summed E-state index contributed by atoms with van der Waals surface area (Å²) in [6.07, 6.45) is 7.24. The minimum absolute atomic E-state index is 0.200. The van der Waals surface area contributed by atoms with Crippen molar-refractivity contribution < 1.29 is 4.39 Å². The maximum Gasteiger partial charge on any atom is 0.266 e. The van der Waals surface area contributed by atoms with Crippen molar-refractivity contribution >= 4 is 34.2 Å². The van der Waals surface area contributed by atoms with E-state index in [1.807, 2.05) is 36.5 Å². The van der Waals surface area contributed by atoms with E-state index in [0.29, 0.717) is 24.3 Å². The highest BCUT2D eigenvalue weighted by atomic mass is 19.1. The van der Waals surface area contributed by atoms with E-state index in [1.165, 1.54) is 29.1 Å².